The Morgan fingerprint density at radius 3 is 3.05 bits per heavy atom. The van der Waals surface area contributed by atoms with Crippen LogP contribution in [0.4, 0.5) is 0 Å². The predicted molar refractivity (Wildman–Crippen MR) is 76.9 cm³/mol. The van der Waals surface area contributed by atoms with Crippen molar-refractivity contribution in [2.45, 2.75) is 25.4 Å². The van der Waals surface area contributed by atoms with E-state index in [0.717, 1.165) is 42.4 Å². The first-order valence-corrected chi connectivity index (χ1v) is 6.96. The number of hydrogen-bond acceptors (Lipinski definition) is 3. The highest BCUT2D eigenvalue weighted by Crippen LogP contribution is 2.34. The Morgan fingerprint density at radius 1 is 1.37 bits per heavy atom. The van der Waals surface area contributed by atoms with Gasteiger partial charge in [0.2, 0.25) is 0 Å². The minimum atomic E-state index is -0.793. The zero-order valence-electron chi connectivity index (χ0n) is 11.3. The second-order valence-electron chi connectivity index (χ2n) is 5.60. The minimum Gasteiger partial charge on any atom is -0.385 e. The molecule has 1 aromatic carbocycles. The highest BCUT2D eigenvalue weighted by atomic mass is 16.3. The largest absolute Gasteiger partial charge is 0.385 e. The molecule has 1 aromatic heterocycles. The van der Waals surface area contributed by atoms with Gasteiger partial charge in [0.15, 0.2) is 0 Å². The summed E-state index contributed by atoms with van der Waals surface area (Å²) < 4.78 is 0. The number of fused-ring (bicyclic) bond motifs is 1. The Hall–Kier alpha value is -1.45. The molecule has 0 spiro atoms. The summed E-state index contributed by atoms with van der Waals surface area (Å²) in [5.41, 5.74) is 1.12. The van der Waals surface area contributed by atoms with Crippen molar-refractivity contribution in [1.29, 1.82) is 0 Å². The van der Waals surface area contributed by atoms with Crippen LogP contribution >= 0.6 is 0 Å². The standard InChI is InChI=1S/C16H20N2O/c1-16(19,14-5-3-8-17-11-14)13-7-6-12-4-2-9-18-15(12)10-13/h2,4,6-7,9-10,14,17,19H,3,5,8,11H2,1H3. The van der Waals surface area contributed by atoms with Gasteiger partial charge >= 0.3 is 0 Å². The lowest BCUT2D eigenvalue weighted by Gasteiger charge is -2.36. The summed E-state index contributed by atoms with van der Waals surface area (Å²) in [5, 5.41) is 15.4. The maximum atomic E-state index is 10.9. The van der Waals surface area contributed by atoms with Crippen LogP contribution in [0.1, 0.15) is 25.3 Å². The van der Waals surface area contributed by atoms with E-state index in [2.05, 4.69) is 10.3 Å². The summed E-state index contributed by atoms with van der Waals surface area (Å²) in [4.78, 5) is 4.37. The zero-order chi connectivity index (χ0) is 13.3. The van der Waals surface area contributed by atoms with Crippen molar-refractivity contribution in [1.82, 2.24) is 10.3 Å². The molecule has 2 atom stereocenters. The molecule has 1 aliphatic rings. The fourth-order valence-corrected chi connectivity index (χ4v) is 2.95. The van der Waals surface area contributed by atoms with Crippen LogP contribution in [0.3, 0.4) is 0 Å². The van der Waals surface area contributed by atoms with Crippen LogP contribution in [0.2, 0.25) is 0 Å². The van der Waals surface area contributed by atoms with Gasteiger partial charge in [-0.25, -0.2) is 0 Å². The predicted octanol–water partition coefficient (Wildman–Crippen LogP) is 2.44. The zero-order valence-corrected chi connectivity index (χ0v) is 11.3. The van der Waals surface area contributed by atoms with Gasteiger partial charge in [-0.2, -0.15) is 0 Å². The quantitative estimate of drug-likeness (QED) is 0.867. The van der Waals surface area contributed by atoms with Crippen LogP contribution in [0, 0.1) is 5.92 Å². The molecule has 1 fully saturated rings. The molecule has 2 unspecified atom stereocenters. The summed E-state index contributed by atoms with van der Waals surface area (Å²) >= 11 is 0. The van der Waals surface area contributed by atoms with E-state index in [9.17, 15) is 5.11 Å². The van der Waals surface area contributed by atoms with Gasteiger partial charge in [-0.1, -0.05) is 18.2 Å². The van der Waals surface area contributed by atoms with Crippen molar-refractivity contribution in [3.63, 3.8) is 0 Å². The van der Waals surface area contributed by atoms with E-state index in [1.165, 1.54) is 0 Å². The smallest absolute Gasteiger partial charge is 0.0909 e. The molecule has 2 aromatic rings. The maximum absolute atomic E-state index is 10.9. The van der Waals surface area contributed by atoms with E-state index in [1.54, 1.807) is 6.20 Å². The maximum Gasteiger partial charge on any atom is 0.0909 e. The first kappa shape index (κ1) is 12.6. The topological polar surface area (TPSA) is 45.2 Å². The van der Waals surface area contributed by atoms with E-state index >= 15 is 0 Å². The number of pyridine rings is 1. The van der Waals surface area contributed by atoms with Crippen LogP contribution in [-0.4, -0.2) is 23.2 Å². The van der Waals surface area contributed by atoms with Crippen LogP contribution in [0.15, 0.2) is 36.5 Å². The first-order valence-electron chi connectivity index (χ1n) is 6.96. The molecule has 3 nitrogen and oxygen atoms in total. The van der Waals surface area contributed by atoms with Crippen molar-refractivity contribution in [2.24, 2.45) is 5.92 Å². The van der Waals surface area contributed by atoms with Crippen molar-refractivity contribution in [2.75, 3.05) is 13.1 Å². The van der Waals surface area contributed by atoms with Gasteiger partial charge in [0, 0.05) is 24.0 Å². The van der Waals surface area contributed by atoms with Gasteiger partial charge in [0.25, 0.3) is 0 Å². The average Bonchev–Trinajstić information content (AvgIpc) is 2.47. The molecular formula is C16H20N2O. The second kappa shape index (κ2) is 4.91. The third-order valence-corrected chi connectivity index (χ3v) is 4.28. The van der Waals surface area contributed by atoms with Gasteiger partial charge in [0.05, 0.1) is 11.1 Å². The number of piperidine rings is 1. The number of hydrogen-bond donors (Lipinski definition) is 2. The SMILES string of the molecule is CC(O)(c1ccc2cccnc2c1)C1CCCNC1. The molecule has 1 aliphatic heterocycles. The van der Waals surface area contributed by atoms with E-state index < -0.39 is 5.60 Å². The lowest BCUT2D eigenvalue weighted by molar-refractivity contribution is -0.0155. The fourth-order valence-electron chi connectivity index (χ4n) is 2.95. The molecule has 0 amide bonds. The van der Waals surface area contributed by atoms with Crippen LogP contribution in [-0.2, 0) is 5.60 Å². The molecule has 3 heteroatoms. The fraction of sp³-hybridized carbons (Fsp3) is 0.438. The Bertz CT molecular complexity index is 574. The molecule has 3 rings (SSSR count). The van der Waals surface area contributed by atoms with Crippen LogP contribution in [0.25, 0.3) is 10.9 Å². The molecule has 19 heavy (non-hydrogen) atoms. The van der Waals surface area contributed by atoms with E-state index in [4.69, 9.17) is 0 Å². The van der Waals surface area contributed by atoms with Gasteiger partial charge in [0.1, 0.15) is 0 Å². The Morgan fingerprint density at radius 2 is 2.26 bits per heavy atom. The summed E-state index contributed by atoms with van der Waals surface area (Å²) in [6, 6.07) is 10.1. The minimum absolute atomic E-state index is 0.266. The third-order valence-electron chi connectivity index (χ3n) is 4.28. The molecule has 2 N–H and O–H groups in total. The normalized spacial score (nSPS) is 23.2. The lowest BCUT2D eigenvalue weighted by atomic mass is 9.78. The highest BCUT2D eigenvalue weighted by molar-refractivity contribution is 5.79. The molecule has 0 aliphatic carbocycles. The number of nitrogens with one attached hydrogen (secondary N) is 1. The molecule has 1 saturated heterocycles. The molecule has 0 saturated carbocycles. The number of rotatable bonds is 2. The van der Waals surface area contributed by atoms with Crippen molar-refractivity contribution < 1.29 is 5.11 Å². The monoisotopic (exact) mass is 256 g/mol. The summed E-state index contributed by atoms with van der Waals surface area (Å²) in [7, 11) is 0. The van der Waals surface area contributed by atoms with Gasteiger partial charge in [-0.05, 0) is 44.0 Å². The van der Waals surface area contributed by atoms with E-state index in [1.807, 2.05) is 37.3 Å². The molecule has 100 valence electrons. The average molecular weight is 256 g/mol. The van der Waals surface area contributed by atoms with E-state index in [-0.39, 0.29) is 5.92 Å². The second-order valence-corrected chi connectivity index (χ2v) is 5.60. The number of aliphatic hydroxyl groups is 1. The molecule has 2 heterocycles. The van der Waals surface area contributed by atoms with Gasteiger partial charge in [-0.15, -0.1) is 0 Å². The molecule has 0 radical (unpaired) electrons. The summed E-state index contributed by atoms with van der Waals surface area (Å²) in [5.74, 6) is 0.266. The van der Waals surface area contributed by atoms with Gasteiger partial charge < -0.3 is 10.4 Å². The Labute approximate surface area is 113 Å². The summed E-state index contributed by atoms with van der Waals surface area (Å²) in [6.07, 6.45) is 4.00. The van der Waals surface area contributed by atoms with E-state index in [0.29, 0.717) is 0 Å². The van der Waals surface area contributed by atoms with Crippen molar-refractivity contribution in [3.05, 3.63) is 42.1 Å². The van der Waals surface area contributed by atoms with Crippen LogP contribution < -0.4 is 5.32 Å². The van der Waals surface area contributed by atoms with Crippen molar-refractivity contribution in [3.8, 4) is 0 Å². The first-order chi connectivity index (χ1) is 9.18. The van der Waals surface area contributed by atoms with Crippen LogP contribution in [0.5, 0.6) is 0 Å². The molecule has 0 bridgehead atoms. The third kappa shape index (κ3) is 2.36. The Balaban J connectivity index is 1.97. The Kier molecular flexibility index (Phi) is 3.25. The summed E-state index contributed by atoms with van der Waals surface area (Å²) in [6.45, 7) is 3.87. The molecular weight excluding hydrogens is 236 g/mol. The number of benzene rings is 1. The lowest BCUT2D eigenvalue weighted by Crippen LogP contribution is -2.42. The number of aromatic nitrogens is 1. The van der Waals surface area contributed by atoms with Gasteiger partial charge in [-0.3, -0.25) is 4.98 Å². The van der Waals surface area contributed by atoms with Crippen molar-refractivity contribution >= 4 is 10.9 Å². The number of nitrogens with zero attached hydrogens (tertiary/aromatic N) is 1. The highest BCUT2D eigenvalue weighted by Gasteiger charge is 2.34.